The van der Waals surface area contributed by atoms with Crippen molar-refractivity contribution in [3.8, 4) is 0 Å². The van der Waals surface area contributed by atoms with Gasteiger partial charge in [0.1, 0.15) is 0 Å². The molecule has 2 unspecified atom stereocenters. The lowest BCUT2D eigenvalue weighted by atomic mass is 10.0. The third kappa shape index (κ3) is 1.93. The Labute approximate surface area is 67.9 Å². The van der Waals surface area contributed by atoms with E-state index in [2.05, 4.69) is 0 Å². The first-order valence-corrected chi connectivity index (χ1v) is 5.69. The second-order valence-corrected chi connectivity index (χ2v) is 5.84. The molecule has 0 saturated carbocycles. The van der Waals surface area contributed by atoms with Crippen molar-refractivity contribution in [1.82, 2.24) is 0 Å². The normalized spacial score (nSPS) is 36.9. The second-order valence-electron chi connectivity index (χ2n) is 3.30. The summed E-state index contributed by atoms with van der Waals surface area (Å²) in [7, 11) is -2.76. The summed E-state index contributed by atoms with van der Waals surface area (Å²) in [5, 5.41) is -0.176. The van der Waals surface area contributed by atoms with E-state index < -0.39 is 9.84 Å². The molecule has 4 heteroatoms. The highest BCUT2D eigenvalue weighted by Gasteiger charge is 2.29. The number of sulfone groups is 1. The number of hydrogen-bond acceptors (Lipinski definition) is 3. The Kier molecular flexibility index (Phi) is 2.54. The fourth-order valence-electron chi connectivity index (χ4n) is 1.48. The van der Waals surface area contributed by atoms with Crippen LogP contribution in [0.4, 0.5) is 0 Å². The molecule has 1 aliphatic heterocycles. The Morgan fingerprint density at radius 2 is 2.18 bits per heavy atom. The molecule has 0 aromatic heterocycles. The predicted molar refractivity (Wildman–Crippen MR) is 45.0 cm³/mol. The van der Waals surface area contributed by atoms with Gasteiger partial charge in [-0.1, -0.05) is 0 Å². The quantitative estimate of drug-likeness (QED) is 0.620. The monoisotopic (exact) mass is 177 g/mol. The van der Waals surface area contributed by atoms with Crippen LogP contribution >= 0.6 is 0 Å². The molecular formula is C7H15NO2S. The van der Waals surface area contributed by atoms with E-state index in [-0.39, 0.29) is 5.25 Å². The van der Waals surface area contributed by atoms with Gasteiger partial charge in [0.05, 0.1) is 11.0 Å². The highest BCUT2D eigenvalue weighted by Crippen LogP contribution is 2.23. The Balaban J connectivity index is 2.62. The van der Waals surface area contributed by atoms with E-state index in [9.17, 15) is 8.42 Å². The summed E-state index contributed by atoms with van der Waals surface area (Å²) in [6.45, 7) is 2.40. The topological polar surface area (TPSA) is 60.2 Å². The fraction of sp³-hybridized carbons (Fsp3) is 1.00. The molecule has 0 amide bonds. The minimum Gasteiger partial charge on any atom is -0.330 e. The first-order chi connectivity index (χ1) is 5.06. The Morgan fingerprint density at radius 3 is 2.64 bits per heavy atom. The molecule has 2 N–H and O–H groups in total. The van der Waals surface area contributed by atoms with Crippen molar-refractivity contribution in [3.63, 3.8) is 0 Å². The molecule has 1 fully saturated rings. The smallest absolute Gasteiger partial charge is 0.152 e. The third-order valence-corrected chi connectivity index (χ3v) is 4.65. The van der Waals surface area contributed by atoms with Gasteiger partial charge in [0, 0.05) is 0 Å². The SMILES string of the molecule is CC1CC(CN)CCS1(=O)=O. The first-order valence-electron chi connectivity index (χ1n) is 3.98. The summed E-state index contributed by atoms with van der Waals surface area (Å²) < 4.78 is 22.4. The highest BCUT2D eigenvalue weighted by atomic mass is 32.2. The number of hydrogen-bond donors (Lipinski definition) is 1. The first kappa shape index (κ1) is 9.00. The minimum atomic E-state index is -2.76. The van der Waals surface area contributed by atoms with Crippen LogP contribution in [0.3, 0.4) is 0 Å². The lowest BCUT2D eigenvalue weighted by Crippen LogP contribution is -2.33. The Bertz CT molecular complexity index is 223. The molecule has 0 bridgehead atoms. The fourth-order valence-corrected chi connectivity index (χ4v) is 3.11. The Hall–Kier alpha value is -0.0900. The van der Waals surface area contributed by atoms with Crippen LogP contribution in [0.25, 0.3) is 0 Å². The van der Waals surface area contributed by atoms with Crippen LogP contribution in [0.15, 0.2) is 0 Å². The summed E-state index contributed by atoms with van der Waals surface area (Å²) in [4.78, 5) is 0. The van der Waals surface area contributed by atoms with E-state index >= 15 is 0 Å². The molecule has 1 aliphatic rings. The van der Waals surface area contributed by atoms with Crippen LogP contribution in [0.2, 0.25) is 0 Å². The molecule has 0 spiro atoms. The molecule has 11 heavy (non-hydrogen) atoms. The van der Waals surface area contributed by atoms with Crippen LogP contribution in [0.5, 0.6) is 0 Å². The summed E-state index contributed by atoms with van der Waals surface area (Å²) in [6, 6.07) is 0. The maximum atomic E-state index is 11.2. The molecule has 1 saturated heterocycles. The van der Waals surface area contributed by atoms with Crippen molar-refractivity contribution in [2.45, 2.75) is 25.0 Å². The average Bonchev–Trinajstić information content (AvgIpc) is 1.95. The van der Waals surface area contributed by atoms with Gasteiger partial charge in [-0.15, -0.1) is 0 Å². The minimum absolute atomic E-state index is 0.176. The summed E-state index contributed by atoms with van der Waals surface area (Å²) in [5.41, 5.74) is 5.46. The van der Waals surface area contributed by atoms with E-state index in [0.717, 1.165) is 12.8 Å². The van der Waals surface area contributed by atoms with Crippen LogP contribution in [0.1, 0.15) is 19.8 Å². The van der Waals surface area contributed by atoms with Crippen LogP contribution in [-0.2, 0) is 9.84 Å². The number of nitrogens with two attached hydrogens (primary N) is 1. The van der Waals surface area contributed by atoms with Crippen LogP contribution < -0.4 is 5.73 Å². The molecule has 0 aromatic carbocycles. The van der Waals surface area contributed by atoms with Gasteiger partial charge in [-0.05, 0) is 32.2 Å². The van der Waals surface area contributed by atoms with Crippen molar-refractivity contribution in [2.75, 3.05) is 12.3 Å². The van der Waals surface area contributed by atoms with Crippen molar-refractivity contribution in [1.29, 1.82) is 0 Å². The van der Waals surface area contributed by atoms with Crippen molar-refractivity contribution >= 4 is 9.84 Å². The third-order valence-electron chi connectivity index (χ3n) is 2.42. The summed E-state index contributed by atoms with van der Waals surface area (Å²) in [6.07, 6.45) is 1.50. The van der Waals surface area contributed by atoms with Gasteiger partial charge in [-0.25, -0.2) is 8.42 Å². The lowest BCUT2D eigenvalue weighted by molar-refractivity contribution is 0.441. The molecule has 3 nitrogen and oxygen atoms in total. The molecule has 0 aromatic rings. The zero-order valence-electron chi connectivity index (χ0n) is 6.79. The zero-order chi connectivity index (χ0) is 8.48. The van der Waals surface area contributed by atoms with Gasteiger partial charge < -0.3 is 5.73 Å². The zero-order valence-corrected chi connectivity index (χ0v) is 7.60. The second kappa shape index (κ2) is 3.11. The highest BCUT2D eigenvalue weighted by molar-refractivity contribution is 7.92. The lowest BCUT2D eigenvalue weighted by Gasteiger charge is -2.25. The van der Waals surface area contributed by atoms with Gasteiger partial charge in [-0.2, -0.15) is 0 Å². The van der Waals surface area contributed by atoms with E-state index in [0.29, 0.717) is 18.2 Å². The Morgan fingerprint density at radius 1 is 1.55 bits per heavy atom. The standard InChI is InChI=1S/C7H15NO2S/c1-6-4-7(5-8)2-3-11(6,9)10/h6-7H,2-5,8H2,1H3. The summed E-state index contributed by atoms with van der Waals surface area (Å²) in [5.74, 6) is 0.754. The van der Waals surface area contributed by atoms with E-state index in [4.69, 9.17) is 5.73 Å². The molecule has 66 valence electrons. The molecule has 1 heterocycles. The molecular weight excluding hydrogens is 162 g/mol. The molecule has 0 radical (unpaired) electrons. The molecule has 2 atom stereocenters. The maximum absolute atomic E-state index is 11.2. The number of rotatable bonds is 1. The van der Waals surface area contributed by atoms with Crippen LogP contribution in [-0.4, -0.2) is 26.0 Å². The van der Waals surface area contributed by atoms with Gasteiger partial charge >= 0.3 is 0 Å². The van der Waals surface area contributed by atoms with Crippen LogP contribution in [0, 0.1) is 5.92 Å². The van der Waals surface area contributed by atoms with E-state index in [1.54, 1.807) is 6.92 Å². The maximum Gasteiger partial charge on any atom is 0.152 e. The van der Waals surface area contributed by atoms with Crippen molar-refractivity contribution in [3.05, 3.63) is 0 Å². The largest absolute Gasteiger partial charge is 0.330 e. The predicted octanol–water partition coefficient (Wildman–Crippen LogP) is 0.158. The van der Waals surface area contributed by atoms with E-state index in [1.165, 1.54) is 0 Å². The van der Waals surface area contributed by atoms with Crippen molar-refractivity contribution < 1.29 is 8.42 Å². The molecule has 1 rings (SSSR count). The van der Waals surface area contributed by atoms with Gasteiger partial charge in [-0.3, -0.25) is 0 Å². The van der Waals surface area contributed by atoms with Gasteiger partial charge in [0.15, 0.2) is 9.84 Å². The van der Waals surface area contributed by atoms with E-state index in [1.807, 2.05) is 0 Å². The van der Waals surface area contributed by atoms with Gasteiger partial charge in [0.25, 0.3) is 0 Å². The van der Waals surface area contributed by atoms with Crippen molar-refractivity contribution in [2.24, 2.45) is 11.7 Å². The summed E-state index contributed by atoms with van der Waals surface area (Å²) >= 11 is 0. The molecule has 0 aliphatic carbocycles. The van der Waals surface area contributed by atoms with Gasteiger partial charge in [0.2, 0.25) is 0 Å². The average molecular weight is 177 g/mol.